The zero-order chi connectivity index (χ0) is 14.5. The molecule has 2 heteroatoms. The van der Waals surface area contributed by atoms with Gasteiger partial charge in [0.1, 0.15) is 0 Å². The van der Waals surface area contributed by atoms with Crippen molar-refractivity contribution < 1.29 is 0 Å². The zero-order valence-electron chi connectivity index (χ0n) is 13.5. The fourth-order valence-corrected chi connectivity index (χ4v) is 3.16. The molecule has 0 aliphatic carbocycles. The largest absolute Gasteiger partial charge is 0.257 e. The molecule has 1 aromatic rings. The van der Waals surface area contributed by atoms with Crippen molar-refractivity contribution in [2.45, 2.75) is 59.7 Å². The van der Waals surface area contributed by atoms with Crippen LogP contribution in [0, 0.1) is 5.92 Å². The number of rotatable bonds is 6. The summed E-state index contributed by atoms with van der Waals surface area (Å²) >= 11 is 0. The van der Waals surface area contributed by atoms with Gasteiger partial charge in [0.2, 0.25) is 0 Å². The maximum atomic E-state index is 4.58. The second-order valence-electron chi connectivity index (χ2n) is 6.51. The smallest absolute Gasteiger partial charge is 0.0777 e. The lowest BCUT2D eigenvalue weighted by molar-refractivity contribution is 0.572. The molecule has 1 heterocycles. The standard InChI is InChI=1S/C17H29NSi/c1-7-14(3)9-10-15(8-2)17-13-16(11-12-18-17)19(4,5)6/h10-14H,7-9H2,1-6H3/b15-10+. The molecule has 0 N–H and O–H groups in total. The van der Waals surface area contributed by atoms with Crippen LogP contribution >= 0.6 is 0 Å². The van der Waals surface area contributed by atoms with Crippen molar-refractivity contribution in [2.75, 3.05) is 0 Å². The third-order valence-corrected chi connectivity index (χ3v) is 5.84. The van der Waals surface area contributed by atoms with Crippen LogP contribution in [0.5, 0.6) is 0 Å². The van der Waals surface area contributed by atoms with Crippen LogP contribution in [0.1, 0.15) is 45.7 Å². The summed E-state index contributed by atoms with van der Waals surface area (Å²) in [4.78, 5) is 4.58. The molecule has 0 fully saturated rings. The molecular weight excluding hydrogens is 246 g/mol. The first-order valence-corrected chi connectivity index (χ1v) is 11.0. The molecular formula is C17H29NSi. The van der Waals surface area contributed by atoms with Gasteiger partial charge < -0.3 is 0 Å². The zero-order valence-corrected chi connectivity index (χ0v) is 14.5. The predicted octanol–water partition coefficient (Wildman–Crippen LogP) is 4.86. The molecule has 0 spiro atoms. The molecule has 1 rings (SSSR count). The Morgan fingerprint density at radius 1 is 1.32 bits per heavy atom. The highest BCUT2D eigenvalue weighted by molar-refractivity contribution is 6.88. The molecule has 0 bridgehead atoms. The van der Waals surface area contributed by atoms with Crippen LogP contribution in [-0.4, -0.2) is 13.1 Å². The maximum absolute atomic E-state index is 4.58. The number of nitrogens with zero attached hydrogens (tertiary/aromatic N) is 1. The highest BCUT2D eigenvalue weighted by Crippen LogP contribution is 2.19. The summed E-state index contributed by atoms with van der Waals surface area (Å²) < 4.78 is 0. The van der Waals surface area contributed by atoms with Gasteiger partial charge in [0, 0.05) is 6.20 Å². The Bertz CT molecular complexity index is 429. The maximum Gasteiger partial charge on any atom is 0.0777 e. The van der Waals surface area contributed by atoms with E-state index in [1.165, 1.54) is 29.3 Å². The van der Waals surface area contributed by atoms with Gasteiger partial charge in [-0.15, -0.1) is 0 Å². The fourth-order valence-electron chi connectivity index (χ4n) is 2.01. The van der Waals surface area contributed by atoms with Gasteiger partial charge in [0.25, 0.3) is 0 Å². The molecule has 0 saturated heterocycles. The van der Waals surface area contributed by atoms with Crippen molar-refractivity contribution in [3.63, 3.8) is 0 Å². The Hall–Kier alpha value is -0.893. The molecule has 0 amide bonds. The first-order chi connectivity index (χ1) is 8.88. The van der Waals surface area contributed by atoms with E-state index in [1.54, 1.807) is 0 Å². The van der Waals surface area contributed by atoms with Crippen LogP contribution in [-0.2, 0) is 0 Å². The molecule has 0 aromatic carbocycles. The predicted molar refractivity (Wildman–Crippen MR) is 89.6 cm³/mol. The van der Waals surface area contributed by atoms with Crippen molar-refractivity contribution in [2.24, 2.45) is 5.92 Å². The third-order valence-electron chi connectivity index (χ3n) is 3.80. The third kappa shape index (κ3) is 4.94. The van der Waals surface area contributed by atoms with Crippen LogP contribution < -0.4 is 5.19 Å². The lowest BCUT2D eigenvalue weighted by atomic mass is 10.0. The minimum absolute atomic E-state index is 0.765. The van der Waals surface area contributed by atoms with Crippen LogP contribution in [0.2, 0.25) is 19.6 Å². The Kier molecular flexibility index (Phi) is 5.99. The van der Waals surface area contributed by atoms with Gasteiger partial charge in [-0.3, -0.25) is 4.98 Å². The van der Waals surface area contributed by atoms with Gasteiger partial charge in [-0.1, -0.05) is 58.1 Å². The Balaban J connectivity index is 2.99. The van der Waals surface area contributed by atoms with E-state index in [0.717, 1.165) is 12.3 Å². The van der Waals surface area contributed by atoms with Gasteiger partial charge in [-0.05, 0) is 36.5 Å². The average Bonchev–Trinajstić information content (AvgIpc) is 2.38. The number of aromatic nitrogens is 1. The van der Waals surface area contributed by atoms with Crippen LogP contribution in [0.25, 0.3) is 5.57 Å². The number of pyridine rings is 1. The van der Waals surface area contributed by atoms with E-state index in [1.807, 2.05) is 6.20 Å². The molecule has 0 aliphatic heterocycles. The Morgan fingerprint density at radius 3 is 2.53 bits per heavy atom. The molecule has 0 radical (unpaired) electrons. The quantitative estimate of drug-likeness (QED) is 0.676. The topological polar surface area (TPSA) is 12.9 Å². The summed E-state index contributed by atoms with van der Waals surface area (Å²) in [5.74, 6) is 0.765. The van der Waals surface area contributed by atoms with Gasteiger partial charge >= 0.3 is 0 Å². The van der Waals surface area contributed by atoms with E-state index in [0.29, 0.717) is 0 Å². The van der Waals surface area contributed by atoms with E-state index < -0.39 is 8.07 Å². The van der Waals surface area contributed by atoms with Crippen molar-refractivity contribution in [3.05, 3.63) is 30.1 Å². The summed E-state index contributed by atoms with van der Waals surface area (Å²) in [6.45, 7) is 14.0. The second kappa shape index (κ2) is 7.04. The minimum Gasteiger partial charge on any atom is -0.257 e. The highest BCUT2D eigenvalue weighted by Gasteiger charge is 2.17. The van der Waals surface area contributed by atoms with Crippen LogP contribution in [0.4, 0.5) is 0 Å². The second-order valence-corrected chi connectivity index (χ2v) is 11.6. The first kappa shape index (κ1) is 16.2. The monoisotopic (exact) mass is 275 g/mol. The summed E-state index contributed by atoms with van der Waals surface area (Å²) in [5.41, 5.74) is 2.59. The summed E-state index contributed by atoms with van der Waals surface area (Å²) in [7, 11) is -1.24. The highest BCUT2D eigenvalue weighted by atomic mass is 28.3. The van der Waals surface area contributed by atoms with Crippen molar-refractivity contribution in [1.29, 1.82) is 0 Å². The SMILES string of the molecule is CC/C(=C\CC(C)CC)c1cc([Si](C)(C)C)ccn1. The van der Waals surface area contributed by atoms with E-state index >= 15 is 0 Å². The van der Waals surface area contributed by atoms with E-state index in [-0.39, 0.29) is 0 Å². The first-order valence-electron chi connectivity index (χ1n) is 7.54. The number of allylic oxidation sites excluding steroid dienone is 2. The lowest BCUT2D eigenvalue weighted by Crippen LogP contribution is -2.37. The van der Waals surface area contributed by atoms with Gasteiger partial charge in [-0.25, -0.2) is 0 Å². The van der Waals surface area contributed by atoms with Gasteiger partial charge in [0.15, 0.2) is 0 Å². The molecule has 1 atom stereocenters. The lowest BCUT2D eigenvalue weighted by Gasteiger charge is -2.17. The van der Waals surface area contributed by atoms with Crippen molar-refractivity contribution >= 4 is 18.8 Å². The molecule has 1 unspecified atom stereocenters. The Morgan fingerprint density at radius 2 is 2.00 bits per heavy atom. The normalized spacial score (nSPS) is 14.5. The molecule has 1 nitrogen and oxygen atoms in total. The summed E-state index contributed by atoms with van der Waals surface area (Å²) in [5, 5.41) is 1.50. The number of hydrogen-bond acceptors (Lipinski definition) is 1. The summed E-state index contributed by atoms with van der Waals surface area (Å²) in [6, 6.07) is 4.51. The van der Waals surface area contributed by atoms with Gasteiger partial charge in [-0.2, -0.15) is 0 Å². The van der Waals surface area contributed by atoms with E-state index in [4.69, 9.17) is 0 Å². The summed E-state index contributed by atoms with van der Waals surface area (Å²) in [6.07, 6.45) is 7.85. The molecule has 0 saturated carbocycles. The molecule has 19 heavy (non-hydrogen) atoms. The number of hydrogen-bond donors (Lipinski definition) is 0. The molecule has 1 aromatic heterocycles. The van der Waals surface area contributed by atoms with Crippen molar-refractivity contribution in [1.82, 2.24) is 4.98 Å². The van der Waals surface area contributed by atoms with Gasteiger partial charge in [0.05, 0.1) is 13.8 Å². The molecule has 0 aliphatic rings. The minimum atomic E-state index is -1.24. The van der Waals surface area contributed by atoms with E-state index in [2.05, 4.69) is 63.6 Å². The van der Waals surface area contributed by atoms with Crippen LogP contribution in [0.3, 0.4) is 0 Å². The van der Waals surface area contributed by atoms with Crippen molar-refractivity contribution in [3.8, 4) is 0 Å². The van der Waals surface area contributed by atoms with E-state index in [9.17, 15) is 0 Å². The fraction of sp³-hybridized carbons (Fsp3) is 0.588. The molecule has 106 valence electrons. The van der Waals surface area contributed by atoms with Crippen LogP contribution in [0.15, 0.2) is 24.4 Å². The average molecular weight is 276 g/mol. The Labute approximate surface area is 120 Å².